The second-order valence-corrected chi connectivity index (χ2v) is 5.05. The Morgan fingerprint density at radius 1 is 1.41 bits per heavy atom. The van der Waals surface area contributed by atoms with E-state index >= 15 is 0 Å². The lowest BCUT2D eigenvalue weighted by Crippen LogP contribution is -2.25. The van der Waals surface area contributed by atoms with E-state index in [2.05, 4.69) is 43.2 Å². The molecule has 1 heterocycles. The number of ether oxygens (including phenoxy) is 1. The Morgan fingerprint density at radius 2 is 2.18 bits per heavy atom. The topological polar surface area (TPSA) is 24.5 Å². The summed E-state index contributed by atoms with van der Waals surface area (Å²) in [5.41, 5.74) is 2.46. The molecule has 1 aliphatic rings. The van der Waals surface area contributed by atoms with Crippen LogP contribution in [0.5, 0.6) is 5.75 Å². The number of rotatable bonds is 3. The summed E-state index contributed by atoms with van der Waals surface area (Å²) in [4.78, 5) is 2.40. The van der Waals surface area contributed by atoms with E-state index in [1.54, 1.807) is 7.11 Å². The van der Waals surface area contributed by atoms with Gasteiger partial charge in [0.15, 0.2) is 0 Å². The maximum Gasteiger partial charge on any atom is 0.120 e. The van der Waals surface area contributed by atoms with Gasteiger partial charge in [0.25, 0.3) is 0 Å². The number of hydrogen-bond acceptors (Lipinski definition) is 3. The van der Waals surface area contributed by atoms with E-state index in [4.69, 9.17) is 4.74 Å². The fraction of sp³-hybridized carbons (Fsp3) is 0.571. The highest BCUT2D eigenvalue weighted by atomic mass is 16.5. The predicted octanol–water partition coefficient (Wildman–Crippen LogP) is 2.51. The standard InChI is InChI=1S/C14H22N2O/c1-10-5-6-13(17-4)8-14(10)15-12-7-11(2)16(3)9-12/h5-6,8,11-12,15H,7,9H2,1-4H3. The highest BCUT2D eigenvalue weighted by Gasteiger charge is 2.26. The van der Waals surface area contributed by atoms with Gasteiger partial charge in [-0.25, -0.2) is 0 Å². The zero-order valence-electron chi connectivity index (χ0n) is 11.2. The van der Waals surface area contributed by atoms with Gasteiger partial charge in [0.2, 0.25) is 0 Å². The van der Waals surface area contributed by atoms with Crippen molar-refractivity contribution in [1.82, 2.24) is 4.90 Å². The molecule has 1 saturated heterocycles. The van der Waals surface area contributed by atoms with Crippen molar-refractivity contribution in [1.29, 1.82) is 0 Å². The molecule has 3 heteroatoms. The van der Waals surface area contributed by atoms with Crippen LogP contribution in [0.1, 0.15) is 18.9 Å². The van der Waals surface area contributed by atoms with Crippen molar-refractivity contribution in [3.8, 4) is 5.75 Å². The quantitative estimate of drug-likeness (QED) is 0.869. The van der Waals surface area contributed by atoms with Crippen LogP contribution >= 0.6 is 0 Å². The third kappa shape index (κ3) is 2.72. The van der Waals surface area contributed by atoms with Gasteiger partial charge in [-0.05, 0) is 38.9 Å². The van der Waals surface area contributed by atoms with Gasteiger partial charge in [-0.3, -0.25) is 0 Å². The van der Waals surface area contributed by atoms with E-state index in [0.717, 1.165) is 12.3 Å². The fourth-order valence-corrected chi connectivity index (χ4v) is 2.40. The molecule has 17 heavy (non-hydrogen) atoms. The second-order valence-electron chi connectivity index (χ2n) is 5.05. The predicted molar refractivity (Wildman–Crippen MR) is 71.9 cm³/mol. The van der Waals surface area contributed by atoms with Gasteiger partial charge in [0, 0.05) is 30.4 Å². The average Bonchev–Trinajstić information content (AvgIpc) is 2.61. The van der Waals surface area contributed by atoms with Crippen molar-refractivity contribution >= 4 is 5.69 Å². The molecule has 1 N–H and O–H groups in total. The molecule has 0 aliphatic carbocycles. The Hall–Kier alpha value is -1.22. The van der Waals surface area contributed by atoms with E-state index in [9.17, 15) is 0 Å². The largest absolute Gasteiger partial charge is 0.497 e. The minimum Gasteiger partial charge on any atom is -0.497 e. The number of nitrogens with zero attached hydrogens (tertiary/aromatic N) is 1. The zero-order valence-corrected chi connectivity index (χ0v) is 11.2. The fourth-order valence-electron chi connectivity index (χ4n) is 2.40. The SMILES string of the molecule is COc1ccc(C)c(NC2CC(C)N(C)C2)c1. The summed E-state index contributed by atoms with van der Waals surface area (Å²) in [5, 5.41) is 3.62. The summed E-state index contributed by atoms with van der Waals surface area (Å²) >= 11 is 0. The summed E-state index contributed by atoms with van der Waals surface area (Å²) in [5.74, 6) is 0.914. The summed E-state index contributed by atoms with van der Waals surface area (Å²) in [6.45, 7) is 5.52. The van der Waals surface area contributed by atoms with Crippen molar-refractivity contribution in [2.24, 2.45) is 0 Å². The molecule has 0 saturated carbocycles. The molecular weight excluding hydrogens is 212 g/mol. The monoisotopic (exact) mass is 234 g/mol. The smallest absolute Gasteiger partial charge is 0.120 e. The minimum atomic E-state index is 0.542. The molecule has 1 fully saturated rings. The van der Waals surface area contributed by atoms with Crippen LogP contribution in [-0.2, 0) is 0 Å². The summed E-state index contributed by atoms with van der Waals surface area (Å²) in [6, 6.07) is 7.39. The first-order chi connectivity index (χ1) is 8.10. The Balaban J connectivity index is 2.08. The number of anilines is 1. The average molecular weight is 234 g/mol. The van der Waals surface area contributed by atoms with Gasteiger partial charge in [0.05, 0.1) is 7.11 Å². The summed E-state index contributed by atoms with van der Waals surface area (Å²) in [7, 11) is 3.89. The van der Waals surface area contributed by atoms with Crippen LogP contribution in [0.2, 0.25) is 0 Å². The van der Waals surface area contributed by atoms with Crippen LogP contribution in [0.15, 0.2) is 18.2 Å². The first-order valence-electron chi connectivity index (χ1n) is 6.21. The third-order valence-corrected chi connectivity index (χ3v) is 3.69. The molecular formula is C14H22N2O. The van der Waals surface area contributed by atoms with Crippen LogP contribution in [-0.4, -0.2) is 37.7 Å². The lowest BCUT2D eigenvalue weighted by molar-refractivity contribution is 0.330. The molecule has 94 valence electrons. The van der Waals surface area contributed by atoms with Crippen LogP contribution in [0.25, 0.3) is 0 Å². The summed E-state index contributed by atoms with van der Waals surface area (Å²) < 4.78 is 5.27. The van der Waals surface area contributed by atoms with Gasteiger partial charge in [-0.15, -0.1) is 0 Å². The lowest BCUT2D eigenvalue weighted by atomic mass is 10.1. The van der Waals surface area contributed by atoms with E-state index < -0.39 is 0 Å². The van der Waals surface area contributed by atoms with Crippen LogP contribution < -0.4 is 10.1 Å². The van der Waals surface area contributed by atoms with Crippen molar-refractivity contribution in [3.05, 3.63) is 23.8 Å². The molecule has 2 rings (SSSR count). The van der Waals surface area contributed by atoms with Crippen LogP contribution in [0.4, 0.5) is 5.69 Å². The van der Waals surface area contributed by atoms with Crippen molar-refractivity contribution in [2.45, 2.75) is 32.4 Å². The number of methoxy groups -OCH3 is 1. The van der Waals surface area contributed by atoms with Gasteiger partial charge in [-0.1, -0.05) is 6.07 Å². The van der Waals surface area contributed by atoms with Gasteiger partial charge >= 0.3 is 0 Å². The number of aryl methyl sites for hydroxylation is 1. The number of hydrogen-bond donors (Lipinski definition) is 1. The zero-order chi connectivity index (χ0) is 12.4. The molecule has 0 spiro atoms. The highest BCUT2D eigenvalue weighted by Crippen LogP contribution is 2.25. The molecule has 2 atom stereocenters. The minimum absolute atomic E-state index is 0.542. The van der Waals surface area contributed by atoms with E-state index in [-0.39, 0.29) is 0 Å². The lowest BCUT2D eigenvalue weighted by Gasteiger charge is -2.17. The number of nitrogens with one attached hydrogen (secondary N) is 1. The molecule has 1 aromatic rings. The maximum atomic E-state index is 5.27. The molecule has 1 aromatic carbocycles. The first-order valence-corrected chi connectivity index (χ1v) is 6.21. The van der Waals surface area contributed by atoms with Crippen molar-refractivity contribution < 1.29 is 4.74 Å². The van der Waals surface area contributed by atoms with Crippen molar-refractivity contribution in [2.75, 3.05) is 26.0 Å². The Bertz CT molecular complexity index is 382. The number of benzene rings is 1. The molecule has 2 unspecified atom stereocenters. The normalized spacial score (nSPS) is 24.9. The van der Waals surface area contributed by atoms with Crippen LogP contribution in [0.3, 0.4) is 0 Å². The van der Waals surface area contributed by atoms with Gasteiger partial charge < -0.3 is 15.0 Å². The Morgan fingerprint density at radius 3 is 2.76 bits per heavy atom. The molecule has 0 aromatic heterocycles. The molecule has 0 bridgehead atoms. The number of likely N-dealkylation sites (N-methyl/N-ethyl adjacent to an activating group) is 1. The van der Waals surface area contributed by atoms with E-state index in [0.29, 0.717) is 12.1 Å². The first kappa shape index (κ1) is 12.2. The molecule has 0 amide bonds. The maximum absolute atomic E-state index is 5.27. The Labute approximate surface area is 104 Å². The van der Waals surface area contributed by atoms with E-state index in [1.165, 1.54) is 17.7 Å². The van der Waals surface area contributed by atoms with Crippen molar-refractivity contribution in [3.63, 3.8) is 0 Å². The third-order valence-electron chi connectivity index (χ3n) is 3.69. The highest BCUT2D eigenvalue weighted by molar-refractivity contribution is 5.55. The van der Waals surface area contributed by atoms with Gasteiger partial charge in [-0.2, -0.15) is 0 Å². The molecule has 1 aliphatic heterocycles. The number of likely N-dealkylation sites (tertiary alicyclic amines) is 1. The molecule has 0 radical (unpaired) electrons. The van der Waals surface area contributed by atoms with Crippen LogP contribution in [0, 0.1) is 6.92 Å². The van der Waals surface area contributed by atoms with E-state index in [1.807, 2.05) is 6.07 Å². The Kier molecular flexibility index (Phi) is 3.57. The van der Waals surface area contributed by atoms with Gasteiger partial charge in [0.1, 0.15) is 5.75 Å². The second kappa shape index (κ2) is 4.96. The summed E-state index contributed by atoms with van der Waals surface area (Å²) in [6.07, 6.45) is 1.20. The molecule has 3 nitrogen and oxygen atoms in total.